The number of nitrogens with zero attached hydrogens (tertiary/aromatic N) is 1. The van der Waals surface area contributed by atoms with Gasteiger partial charge in [0.1, 0.15) is 12.4 Å². The zero-order valence-corrected chi connectivity index (χ0v) is 18.5. The lowest BCUT2D eigenvalue weighted by Gasteiger charge is -2.18. The summed E-state index contributed by atoms with van der Waals surface area (Å²) in [5, 5.41) is 5.98. The van der Waals surface area contributed by atoms with Crippen molar-refractivity contribution in [3.05, 3.63) is 90.0 Å². The van der Waals surface area contributed by atoms with Crippen LogP contribution in [0, 0.1) is 0 Å². The van der Waals surface area contributed by atoms with Crippen molar-refractivity contribution in [1.82, 2.24) is 4.90 Å². The molecule has 3 rings (SSSR count). The van der Waals surface area contributed by atoms with Gasteiger partial charge in [0.2, 0.25) is 5.91 Å². The Morgan fingerprint density at radius 3 is 2.19 bits per heavy atom. The van der Waals surface area contributed by atoms with Crippen LogP contribution in [0.4, 0.5) is 11.4 Å². The Hall–Kier alpha value is -3.80. The molecule has 6 nitrogen and oxygen atoms in total. The van der Waals surface area contributed by atoms with E-state index in [1.165, 1.54) is 0 Å². The molecule has 0 bridgehead atoms. The van der Waals surface area contributed by atoms with Gasteiger partial charge in [0.25, 0.3) is 5.91 Å². The van der Waals surface area contributed by atoms with Gasteiger partial charge < -0.3 is 20.3 Å². The van der Waals surface area contributed by atoms with Crippen molar-refractivity contribution in [2.24, 2.45) is 0 Å². The monoisotopic (exact) mass is 431 g/mol. The van der Waals surface area contributed by atoms with Gasteiger partial charge in [-0.15, -0.1) is 0 Å². The second-order valence-electron chi connectivity index (χ2n) is 7.23. The molecule has 0 aliphatic heterocycles. The van der Waals surface area contributed by atoms with Crippen molar-refractivity contribution in [1.29, 1.82) is 0 Å². The first kappa shape index (κ1) is 22.9. The summed E-state index contributed by atoms with van der Waals surface area (Å²) < 4.78 is 5.89. The number of ether oxygens (including phenoxy) is 1. The molecule has 0 aliphatic rings. The summed E-state index contributed by atoms with van der Waals surface area (Å²) in [5.74, 6) is 0.430. The Bertz CT molecular complexity index is 1020. The molecule has 0 atom stereocenters. The van der Waals surface area contributed by atoms with Gasteiger partial charge in [0.15, 0.2) is 0 Å². The van der Waals surface area contributed by atoms with Gasteiger partial charge >= 0.3 is 0 Å². The molecule has 0 saturated carbocycles. The molecule has 3 aromatic rings. The lowest BCUT2D eigenvalue weighted by molar-refractivity contribution is -0.114. The number of hydrogen-bond donors (Lipinski definition) is 2. The van der Waals surface area contributed by atoms with Crippen molar-refractivity contribution >= 4 is 23.2 Å². The van der Waals surface area contributed by atoms with Crippen LogP contribution in [-0.2, 0) is 11.4 Å². The third-order valence-corrected chi connectivity index (χ3v) is 5.03. The predicted molar refractivity (Wildman–Crippen MR) is 128 cm³/mol. The van der Waals surface area contributed by atoms with Crippen molar-refractivity contribution in [2.45, 2.75) is 20.5 Å². The van der Waals surface area contributed by atoms with Gasteiger partial charge in [0.05, 0.1) is 12.2 Å². The minimum Gasteiger partial charge on any atom is -0.487 e. The number of nitrogens with one attached hydrogen (secondary N) is 2. The van der Waals surface area contributed by atoms with Crippen LogP contribution in [0.3, 0.4) is 0 Å². The van der Waals surface area contributed by atoms with E-state index in [2.05, 4.69) is 10.6 Å². The van der Waals surface area contributed by atoms with E-state index in [-0.39, 0.29) is 18.4 Å². The molecule has 32 heavy (non-hydrogen) atoms. The molecule has 0 unspecified atom stereocenters. The van der Waals surface area contributed by atoms with E-state index in [0.717, 1.165) is 11.3 Å². The Morgan fingerprint density at radius 1 is 0.844 bits per heavy atom. The van der Waals surface area contributed by atoms with E-state index >= 15 is 0 Å². The molecule has 0 saturated heterocycles. The third kappa shape index (κ3) is 6.35. The van der Waals surface area contributed by atoms with Crippen molar-refractivity contribution in [3.63, 3.8) is 0 Å². The number of para-hydroxylation sites is 2. The maximum absolute atomic E-state index is 12.5. The van der Waals surface area contributed by atoms with Gasteiger partial charge in [-0.25, -0.2) is 0 Å². The van der Waals surface area contributed by atoms with E-state index in [0.29, 0.717) is 36.7 Å². The number of hydrogen-bond acceptors (Lipinski definition) is 4. The van der Waals surface area contributed by atoms with Gasteiger partial charge in [-0.1, -0.05) is 42.5 Å². The highest BCUT2D eigenvalue weighted by Gasteiger charge is 2.12. The Balaban J connectivity index is 1.53. The number of anilines is 2. The highest BCUT2D eigenvalue weighted by atomic mass is 16.5. The van der Waals surface area contributed by atoms with Gasteiger partial charge in [0, 0.05) is 24.3 Å². The molecule has 0 aromatic heterocycles. The number of carbonyl (C=O) groups excluding carboxylic acids is 2. The average molecular weight is 432 g/mol. The second kappa shape index (κ2) is 11.6. The quantitative estimate of drug-likeness (QED) is 0.484. The zero-order chi connectivity index (χ0) is 22.8. The van der Waals surface area contributed by atoms with Crippen LogP contribution in [0.1, 0.15) is 29.8 Å². The summed E-state index contributed by atoms with van der Waals surface area (Å²) in [5.41, 5.74) is 3.08. The normalized spacial score (nSPS) is 10.3. The Kier molecular flexibility index (Phi) is 8.26. The number of amides is 2. The van der Waals surface area contributed by atoms with Crippen molar-refractivity contribution < 1.29 is 14.3 Å². The maximum atomic E-state index is 12.5. The van der Waals surface area contributed by atoms with Crippen LogP contribution in [0.2, 0.25) is 0 Å². The lowest BCUT2D eigenvalue weighted by atomic mass is 10.1. The summed E-state index contributed by atoms with van der Waals surface area (Å²) >= 11 is 0. The smallest absolute Gasteiger partial charge is 0.253 e. The van der Waals surface area contributed by atoms with Crippen LogP contribution in [-0.4, -0.2) is 36.3 Å². The van der Waals surface area contributed by atoms with Crippen molar-refractivity contribution in [2.75, 3.05) is 30.3 Å². The number of benzene rings is 3. The SMILES string of the molecule is CCN(CC)C(=O)c1ccc(NCC(=O)Nc2ccccc2OCc2ccccc2)cc1. The van der Waals surface area contributed by atoms with Gasteiger partial charge in [-0.3, -0.25) is 9.59 Å². The largest absolute Gasteiger partial charge is 0.487 e. The first-order valence-electron chi connectivity index (χ1n) is 10.8. The molecular formula is C26H29N3O3. The van der Waals surface area contributed by atoms with Gasteiger partial charge in [-0.2, -0.15) is 0 Å². The summed E-state index contributed by atoms with van der Waals surface area (Å²) in [6.45, 7) is 5.78. The fourth-order valence-electron chi connectivity index (χ4n) is 3.23. The van der Waals surface area contributed by atoms with E-state index in [1.54, 1.807) is 29.2 Å². The van der Waals surface area contributed by atoms with E-state index in [1.807, 2.05) is 68.4 Å². The van der Waals surface area contributed by atoms with Crippen molar-refractivity contribution in [3.8, 4) is 5.75 Å². The van der Waals surface area contributed by atoms with Crippen LogP contribution in [0.5, 0.6) is 5.75 Å². The van der Waals surface area contributed by atoms with E-state index < -0.39 is 0 Å². The van der Waals surface area contributed by atoms with E-state index in [9.17, 15) is 9.59 Å². The van der Waals surface area contributed by atoms with Crippen LogP contribution in [0.15, 0.2) is 78.9 Å². The first-order chi connectivity index (χ1) is 15.6. The fourth-order valence-corrected chi connectivity index (χ4v) is 3.23. The lowest BCUT2D eigenvalue weighted by Crippen LogP contribution is -2.30. The van der Waals surface area contributed by atoms with Crippen LogP contribution in [0.25, 0.3) is 0 Å². The Morgan fingerprint density at radius 2 is 1.50 bits per heavy atom. The third-order valence-electron chi connectivity index (χ3n) is 5.03. The molecule has 0 spiro atoms. The van der Waals surface area contributed by atoms with E-state index in [4.69, 9.17) is 4.74 Å². The minimum atomic E-state index is -0.191. The summed E-state index contributed by atoms with van der Waals surface area (Å²) in [7, 11) is 0. The summed E-state index contributed by atoms with van der Waals surface area (Å²) in [4.78, 5) is 26.6. The van der Waals surface area contributed by atoms with Crippen LogP contribution < -0.4 is 15.4 Å². The summed E-state index contributed by atoms with van der Waals surface area (Å²) in [6.07, 6.45) is 0. The molecule has 2 amide bonds. The van der Waals surface area contributed by atoms with Gasteiger partial charge in [-0.05, 0) is 55.8 Å². The Labute approximate surface area is 189 Å². The highest BCUT2D eigenvalue weighted by Crippen LogP contribution is 2.24. The van der Waals surface area contributed by atoms with Crippen LogP contribution >= 0.6 is 0 Å². The highest BCUT2D eigenvalue weighted by molar-refractivity contribution is 5.96. The molecule has 6 heteroatoms. The molecular weight excluding hydrogens is 402 g/mol. The molecule has 0 aliphatic carbocycles. The maximum Gasteiger partial charge on any atom is 0.253 e. The molecule has 3 aromatic carbocycles. The topological polar surface area (TPSA) is 70.7 Å². The minimum absolute atomic E-state index is 0.00593. The molecule has 166 valence electrons. The number of rotatable bonds is 10. The fraction of sp³-hybridized carbons (Fsp3) is 0.231. The summed E-state index contributed by atoms with van der Waals surface area (Å²) in [6, 6.07) is 24.4. The molecule has 0 radical (unpaired) electrons. The second-order valence-corrected chi connectivity index (χ2v) is 7.23. The first-order valence-corrected chi connectivity index (χ1v) is 10.8. The molecule has 2 N–H and O–H groups in total. The average Bonchev–Trinajstić information content (AvgIpc) is 2.84. The zero-order valence-electron chi connectivity index (χ0n) is 18.5. The molecule has 0 heterocycles. The standard InChI is InChI=1S/C26H29N3O3/c1-3-29(4-2)26(31)21-14-16-22(17-15-21)27-18-25(30)28-23-12-8-9-13-24(23)32-19-20-10-6-5-7-11-20/h5-17,27H,3-4,18-19H2,1-2H3,(H,28,30). The molecule has 0 fully saturated rings. The number of carbonyl (C=O) groups is 2. The predicted octanol–water partition coefficient (Wildman–Crippen LogP) is 4.80.